The first kappa shape index (κ1) is 21.9. The summed E-state index contributed by atoms with van der Waals surface area (Å²) in [6.07, 6.45) is 5.67. The Balaban J connectivity index is 1.57. The predicted molar refractivity (Wildman–Crippen MR) is 113 cm³/mol. The van der Waals surface area contributed by atoms with Crippen molar-refractivity contribution in [2.24, 2.45) is 0 Å². The van der Waals surface area contributed by atoms with Crippen molar-refractivity contribution in [3.8, 4) is 5.75 Å². The highest BCUT2D eigenvalue weighted by Crippen LogP contribution is 2.24. The molecule has 0 aliphatic carbocycles. The maximum absolute atomic E-state index is 12.4. The molecule has 1 aromatic heterocycles. The largest absolute Gasteiger partial charge is 0.497 e. The van der Waals surface area contributed by atoms with E-state index in [9.17, 15) is 14.4 Å². The number of esters is 1. The lowest BCUT2D eigenvalue weighted by Crippen LogP contribution is -2.37. The van der Waals surface area contributed by atoms with E-state index in [1.807, 2.05) is 13.0 Å². The standard InChI is InChI=1S/C23H29NO6/c1-16-18-9-8-17(28-2)14-20(18)30-23(27)19(16)10-11-22(26)29-15-21(25)24-12-6-4-3-5-7-13-24/h8-9,14H,3-7,10-13,15H2,1-2H3. The van der Waals surface area contributed by atoms with Gasteiger partial charge in [-0.25, -0.2) is 4.79 Å². The number of benzene rings is 1. The van der Waals surface area contributed by atoms with E-state index >= 15 is 0 Å². The summed E-state index contributed by atoms with van der Waals surface area (Å²) in [4.78, 5) is 38.6. The zero-order valence-corrected chi connectivity index (χ0v) is 17.7. The second-order valence-corrected chi connectivity index (χ2v) is 7.66. The van der Waals surface area contributed by atoms with Crippen LogP contribution in [0.15, 0.2) is 27.4 Å². The van der Waals surface area contributed by atoms with Crippen molar-refractivity contribution >= 4 is 22.8 Å². The Morgan fingerprint density at radius 1 is 1.10 bits per heavy atom. The van der Waals surface area contributed by atoms with Gasteiger partial charge in [0.25, 0.3) is 5.91 Å². The number of ether oxygens (including phenoxy) is 2. The van der Waals surface area contributed by atoms with Gasteiger partial charge in [0.1, 0.15) is 11.3 Å². The zero-order chi connectivity index (χ0) is 21.5. The summed E-state index contributed by atoms with van der Waals surface area (Å²) >= 11 is 0. The third-order valence-electron chi connectivity index (χ3n) is 5.64. The Morgan fingerprint density at radius 3 is 2.50 bits per heavy atom. The molecule has 1 amide bonds. The molecule has 162 valence electrons. The first-order chi connectivity index (χ1) is 14.5. The number of carbonyl (C=O) groups is 2. The normalized spacial score (nSPS) is 14.8. The molecular weight excluding hydrogens is 386 g/mol. The third kappa shape index (κ3) is 5.40. The van der Waals surface area contributed by atoms with Crippen LogP contribution in [-0.2, 0) is 20.7 Å². The number of amides is 1. The van der Waals surface area contributed by atoms with Crippen LogP contribution in [0, 0.1) is 6.92 Å². The number of carbonyl (C=O) groups excluding carboxylic acids is 2. The summed E-state index contributed by atoms with van der Waals surface area (Å²) in [7, 11) is 1.55. The molecule has 0 N–H and O–H groups in total. The van der Waals surface area contributed by atoms with Crippen LogP contribution in [0.5, 0.6) is 5.75 Å². The van der Waals surface area contributed by atoms with Gasteiger partial charge in [-0.3, -0.25) is 9.59 Å². The molecule has 0 unspecified atom stereocenters. The molecule has 1 aliphatic rings. The number of nitrogens with zero attached hydrogens (tertiary/aromatic N) is 1. The van der Waals surface area contributed by atoms with Crippen molar-refractivity contribution in [2.45, 2.75) is 51.9 Å². The van der Waals surface area contributed by atoms with Crippen LogP contribution in [0.25, 0.3) is 11.0 Å². The topological polar surface area (TPSA) is 86.0 Å². The number of rotatable bonds is 6. The predicted octanol–water partition coefficient (Wildman–Crippen LogP) is 3.38. The molecule has 0 bridgehead atoms. The fourth-order valence-electron chi connectivity index (χ4n) is 3.82. The van der Waals surface area contributed by atoms with Gasteiger partial charge in [-0.1, -0.05) is 19.3 Å². The Bertz CT molecular complexity index is 956. The van der Waals surface area contributed by atoms with E-state index < -0.39 is 11.6 Å². The fourth-order valence-corrected chi connectivity index (χ4v) is 3.82. The lowest BCUT2D eigenvalue weighted by atomic mass is 10.0. The number of methoxy groups -OCH3 is 1. The average Bonchev–Trinajstić information content (AvgIpc) is 2.71. The minimum absolute atomic E-state index is 0.0144. The molecule has 1 fully saturated rings. The molecule has 1 aliphatic heterocycles. The van der Waals surface area contributed by atoms with E-state index in [0.29, 0.717) is 16.9 Å². The van der Waals surface area contributed by atoms with Gasteiger partial charge < -0.3 is 18.8 Å². The van der Waals surface area contributed by atoms with Gasteiger partial charge in [-0.05, 0) is 43.9 Å². The molecule has 2 heterocycles. The molecular formula is C23H29NO6. The van der Waals surface area contributed by atoms with E-state index in [-0.39, 0.29) is 25.4 Å². The molecule has 30 heavy (non-hydrogen) atoms. The van der Waals surface area contributed by atoms with E-state index in [0.717, 1.165) is 49.7 Å². The molecule has 7 heteroatoms. The quantitative estimate of drug-likeness (QED) is 0.531. The van der Waals surface area contributed by atoms with Crippen LogP contribution in [0.2, 0.25) is 0 Å². The Hall–Kier alpha value is -2.83. The van der Waals surface area contributed by atoms with Gasteiger partial charge in [0, 0.05) is 36.5 Å². The fraction of sp³-hybridized carbons (Fsp3) is 0.522. The number of hydrogen-bond acceptors (Lipinski definition) is 6. The molecule has 1 aromatic carbocycles. The van der Waals surface area contributed by atoms with Crippen LogP contribution in [0.1, 0.15) is 49.7 Å². The SMILES string of the molecule is COc1ccc2c(C)c(CCC(=O)OCC(=O)N3CCCCCCC3)c(=O)oc2c1. The van der Waals surface area contributed by atoms with E-state index in [4.69, 9.17) is 13.9 Å². The van der Waals surface area contributed by atoms with E-state index in [1.54, 1.807) is 24.1 Å². The van der Waals surface area contributed by atoms with Gasteiger partial charge in [0.05, 0.1) is 7.11 Å². The van der Waals surface area contributed by atoms with Crippen LogP contribution >= 0.6 is 0 Å². The summed E-state index contributed by atoms with van der Waals surface area (Å²) in [6, 6.07) is 5.29. The minimum Gasteiger partial charge on any atom is -0.497 e. The van der Waals surface area contributed by atoms with Crippen molar-refractivity contribution in [3.05, 3.63) is 39.7 Å². The lowest BCUT2D eigenvalue weighted by molar-refractivity contribution is -0.152. The van der Waals surface area contributed by atoms with Gasteiger partial charge in [0.15, 0.2) is 6.61 Å². The minimum atomic E-state index is -0.496. The molecule has 0 saturated carbocycles. The summed E-state index contributed by atoms with van der Waals surface area (Å²) < 4.78 is 15.7. The number of hydrogen-bond donors (Lipinski definition) is 0. The van der Waals surface area contributed by atoms with Crippen LogP contribution in [-0.4, -0.2) is 43.6 Å². The summed E-state index contributed by atoms with van der Waals surface area (Å²) in [5, 5.41) is 0.797. The van der Waals surface area contributed by atoms with Crippen molar-refractivity contribution in [3.63, 3.8) is 0 Å². The average molecular weight is 415 g/mol. The summed E-state index contributed by atoms with van der Waals surface area (Å²) in [5.74, 6) is -0.0457. The van der Waals surface area contributed by atoms with E-state index in [2.05, 4.69) is 0 Å². The Kier molecular flexibility index (Phi) is 7.49. The maximum Gasteiger partial charge on any atom is 0.339 e. The summed E-state index contributed by atoms with van der Waals surface area (Å²) in [5.41, 5.74) is 1.19. The van der Waals surface area contributed by atoms with Crippen LogP contribution in [0.4, 0.5) is 0 Å². The first-order valence-corrected chi connectivity index (χ1v) is 10.5. The third-order valence-corrected chi connectivity index (χ3v) is 5.64. The van der Waals surface area contributed by atoms with Crippen LogP contribution in [0.3, 0.4) is 0 Å². The van der Waals surface area contributed by atoms with Gasteiger partial charge in [0.2, 0.25) is 0 Å². The highest BCUT2D eigenvalue weighted by atomic mass is 16.5. The molecule has 0 spiro atoms. The van der Waals surface area contributed by atoms with Gasteiger partial charge >= 0.3 is 11.6 Å². The smallest absolute Gasteiger partial charge is 0.339 e. The molecule has 0 radical (unpaired) electrons. The number of fused-ring (bicyclic) bond motifs is 1. The maximum atomic E-state index is 12.4. The lowest BCUT2D eigenvalue weighted by Gasteiger charge is -2.24. The monoisotopic (exact) mass is 415 g/mol. The van der Waals surface area contributed by atoms with Crippen molar-refractivity contribution < 1.29 is 23.5 Å². The van der Waals surface area contributed by atoms with Crippen molar-refractivity contribution in [1.29, 1.82) is 0 Å². The van der Waals surface area contributed by atoms with Crippen molar-refractivity contribution in [1.82, 2.24) is 4.90 Å². The second kappa shape index (κ2) is 10.3. The van der Waals surface area contributed by atoms with Gasteiger partial charge in [-0.15, -0.1) is 0 Å². The zero-order valence-electron chi connectivity index (χ0n) is 17.7. The van der Waals surface area contributed by atoms with E-state index in [1.165, 1.54) is 6.42 Å². The highest BCUT2D eigenvalue weighted by molar-refractivity contribution is 5.83. The molecule has 7 nitrogen and oxygen atoms in total. The number of likely N-dealkylation sites (tertiary alicyclic amines) is 1. The van der Waals surface area contributed by atoms with Crippen LogP contribution < -0.4 is 10.4 Å². The molecule has 3 rings (SSSR count). The Morgan fingerprint density at radius 2 is 1.80 bits per heavy atom. The molecule has 1 saturated heterocycles. The molecule has 0 atom stereocenters. The number of aryl methyl sites for hydroxylation is 1. The first-order valence-electron chi connectivity index (χ1n) is 10.5. The van der Waals surface area contributed by atoms with Gasteiger partial charge in [-0.2, -0.15) is 0 Å². The summed E-state index contributed by atoms with van der Waals surface area (Å²) in [6.45, 7) is 3.03. The Labute approximate surface area is 175 Å². The van der Waals surface area contributed by atoms with Crippen molar-refractivity contribution in [2.75, 3.05) is 26.8 Å². The second-order valence-electron chi connectivity index (χ2n) is 7.66. The molecule has 2 aromatic rings. The highest BCUT2D eigenvalue weighted by Gasteiger charge is 2.18.